The van der Waals surface area contributed by atoms with Crippen molar-refractivity contribution in [3.8, 4) is 0 Å². The fourth-order valence-electron chi connectivity index (χ4n) is 5.48. The molecule has 2 heterocycles. The third-order valence-corrected chi connectivity index (χ3v) is 6.60. The van der Waals surface area contributed by atoms with Crippen LogP contribution in [-0.4, -0.2) is 41.1 Å². The molecule has 146 valence electrons. The van der Waals surface area contributed by atoms with Crippen LogP contribution in [0.2, 0.25) is 0 Å². The van der Waals surface area contributed by atoms with Gasteiger partial charge in [0.05, 0.1) is 11.7 Å². The Hall–Kier alpha value is -1.95. The van der Waals surface area contributed by atoms with Crippen LogP contribution in [0.1, 0.15) is 39.5 Å². The van der Waals surface area contributed by atoms with E-state index in [1.165, 1.54) is 6.92 Å². The van der Waals surface area contributed by atoms with Crippen molar-refractivity contribution < 1.29 is 29.0 Å². The molecule has 1 saturated heterocycles. The average Bonchev–Trinajstić information content (AvgIpc) is 2.87. The fourth-order valence-corrected chi connectivity index (χ4v) is 5.48. The Labute approximate surface area is 158 Å². The summed E-state index contributed by atoms with van der Waals surface area (Å²) < 4.78 is 11.0. The molecule has 5 aliphatic rings. The third kappa shape index (κ3) is 3.35. The first-order chi connectivity index (χ1) is 12.8. The van der Waals surface area contributed by atoms with E-state index in [4.69, 9.17) is 9.47 Å². The Balaban J connectivity index is 1.72. The number of carbonyl (C=O) groups excluding carboxylic acids is 3. The minimum Gasteiger partial charge on any atom is -0.462 e. The molecule has 2 bridgehead atoms. The number of allylic oxidation sites excluding steroid dienone is 2. The van der Waals surface area contributed by atoms with Crippen LogP contribution in [-0.2, 0) is 23.9 Å². The molecule has 8 atom stereocenters. The summed E-state index contributed by atoms with van der Waals surface area (Å²) in [6, 6.07) is 0. The summed E-state index contributed by atoms with van der Waals surface area (Å²) in [5.74, 6) is -0.642. The lowest BCUT2D eigenvalue weighted by atomic mass is 10.2. The number of hydrogen-bond donors (Lipinski definition) is 1. The van der Waals surface area contributed by atoms with Crippen molar-refractivity contribution in [3.05, 3.63) is 23.8 Å². The number of hydrogen-bond acceptors (Lipinski definition) is 6. The normalized spacial score (nSPS) is 45.4. The smallest absolute Gasteiger partial charge is 0.341 e. The predicted octanol–water partition coefficient (Wildman–Crippen LogP) is 1.96. The summed E-state index contributed by atoms with van der Waals surface area (Å²) in [6.07, 6.45) is 6.47. The molecule has 6 nitrogen and oxygen atoms in total. The van der Waals surface area contributed by atoms with Gasteiger partial charge < -0.3 is 14.6 Å². The van der Waals surface area contributed by atoms with Crippen LogP contribution in [0.25, 0.3) is 0 Å². The molecule has 2 aliphatic heterocycles. The minimum atomic E-state index is -0.625. The van der Waals surface area contributed by atoms with Crippen LogP contribution in [0.3, 0.4) is 0 Å². The van der Waals surface area contributed by atoms with Crippen molar-refractivity contribution >= 4 is 17.7 Å². The van der Waals surface area contributed by atoms with Crippen LogP contribution in [0, 0.1) is 29.6 Å². The number of aliphatic hydroxyl groups is 1. The summed E-state index contributed by atoms with van der Waals surface area (Å²) in [4.78, 5) is 36.4. The number of aliphatic hydroxyl groups excluding tert-OH is 1. The zero-order valence-electron chi connectivity index (χ0n) is 15.7. The molecule has 6 heteroatoms. The molecule has 1 saturated carbocycles. The minimum absolute atomic E-state index is 0.0528. The molecule has 5 rings (SSSR count). The molecule has 0 aromatic carbocycles. The number of Topliss-reactive ketones (excluding diaryl/α,β-unsaturated/α-hetero) is 1. The Morgan fingerprint density at radius 1 is 1.19 bits per heavy atom. The van der Waals surface area contributed by atoms with Crippen molar-refractivity contribution in [3.63, 3.8) is 0 Å². The number of ether oxygens (including phenoxy) is 2. The summed E-state index contributed by atoms with van der Waals surface area (Å²) in [6.45, 7) is 3.49. The topological polar surface area (TPSA) is 89.9 Å². The van der Waals surface area contributed by atoms with Crippen LogP contribution in [0.15, 0.2) is 23.8 Å². The molecule has 3 aliphatic carbocycles. The van der Waals surface area contributed by atoms with Gasteiger partial charge >= 0.3 is 11.9 Å². The van der Waals surface area contributed by atoms with E-state index < -0.39 is 18.2 Å². The highest BCUT2D eigenvalue weighted by Crippen LogP contribution is 2.50. The largest absolute Gasteiger partial charge is 0.462 e. The van der Waals surface area contributed by atoms with E-state index >= 15 is 0 Å². The third-order valence-electron chi connectivity index (χ3n) is 6.60. The summed E-state index contributed by atoms with van der Waals surface area (Å²) >= 11 is 0. The number of ketones is 1. The Morgan fingerprint density at radius 3 is 2.67 bits per heavy atom. The maximum absolute atomic E-state index is 12.5. The maximum atomic E-state index is 12.5. The van der Waals surface area contributed by atoms with E-state index in [0.29, 0.717) is 12.8 Å². The van der Waals surface area contributed by atoms with Crippen molar-refractivity contribution in [2.75, 3.05) is 0 Å². The highest BCUT2D eigenvalue weighted by atomic mass is 16.7. The van der Waals surface area contributed by atoms with E-state index in [1.807, 2.05) is 0 Å². The lowest BCUT2D eigenvalue weighted by Crippen LogP contribution is -2.40. The van der Waals surface area contributed by atoms with Gasteiger partial charge in [-0.25, -0.2) is 4.79 Å². The second-order valence-electron chi connectivity index (χ2n) is 8.51. The second-order valence-corrected chi connectivity index (χ2v) is 8.51. The first-order valence-corrected chi connectivity index (χ1v) is 9.83. The number of fused-ring (bicyclic) bond motifs is 5. The van der Waals surface area contributed by atoms with Gasteiger partial charge in [0.1, 0.15) is 12.2 Å². The monoisotopic (exact) mass is 392 g/mol. The van der Waals surface area contributed by atoms with Gasteiger partial charge in [-0.05, 0) is 36.5 Å². The van der Waals surface area contributed by atoms with Crippen molar-refractivity contribution in [2.24, 2.45) is 29.6 Å². The fraction of sp³-hybridized carbons (Fsp3) is 0.667. The van der Waals surface area contributed by atoms with Crippen LogP contribution in [0.5, 0.6) is 0 Å². The molecule has 0 aromatic heterocycles. The molecular weight excluding hydrogens is 366 g/mol. The van der Waals surface area contributed by atoms with Gasteiger partial charge in [-0.15, -0.1) is 0 Å². The molecule has 0 aromatic rings. The molecule has 2 fully saturated rings. The molecule has 0 unspecified atom stereocenters. The summed E-state index contributed by atoms with van der Waals surface area (Å²) in [5.41, 5.74) is 0.148. The Morgan fingerprint density at radius 2 is 1.96 bits per heavy atom. The Kier molecular flexibility index (Phi) is 4.70. The van der Waals surface area contributed by atoms with Crippen LogP contribution < -0.4 is 0 Å². The van der Waals surface area contributed by atoms with Crippen molar-refractivity contribution in [1.82, 2.24) is 0 Å². The Bertz CT molecular complexity index is 702. The molecular formula is C21H26O6. The zero-order chi connectivity index (χ0) is 19.3. The van der Waals surface area contributed by atoms with E-state index in [2.05, 4.69) is 19.1 Å². The number of carbonyl (C=O) groups is 3. The van der Waals surface area contributed by atoms with E-state index in [9.17, 15) is 19.5 Å². The lowest BCUT2D eigenvalue weighted by Gasteiger charge is -2.38. The molecule has 1 N–H and O–H groups in total. The van der Waals surface area contributed by atoms with Crippen LogP contribution >= 0.6 is 0 Å². The van der Waals surface area contributed by atoms with Gasteiger partial charge in [0.25, 0.3) is 0 Å². The standard InChI is InChI=1S/C21H26O6/c1-10-5-17-15(20(10)26-11(2)22)4-3-12-6-13(23)7-14-8-19(24)18(9-16(12)17)21(25)27-14/h3-4,9-10,12-17,20,23H,5-8H2,1-2H3/b18-9-/t10-,12+,13+,14+,15-,16-,17-,20-/m1/s1/i2+1,3+1,4+1,5+1,6+1,7+1,8+1,9+1,11+1,12+1,13+1,14+1,15+1,16+1,17+1,18+1,19+1,21+1. The molecule has 0 spiro atoms. The van der Waals surface area contributed by atoms with E-state index in [1.54, 1.807) is 6.08 Å². The zero-order valence-corrected chi connectivity index (χ0v) is 15.7. The van der Waals surface area contributed by atoms with E-state index in [0.717, 1.165) is 6.42 Å². The summed E-state index contributed by atoms with van der Waals surface area (Å²) in [5, 5.41) is 10.5. The average molecular weight is 392 g/mol. The van der Waals surface area contributed by atoms with Gasteiger partial charge in [-0.1, -0.05) is 25.2 Å². The van der Waals surface area contributed by atoms with Gasteiger partial charge in [0.2, 0.25) is 0 Å². The van der Waals surface area contributed by atoms with Crippen LogP contribution in [0.4, 0.5) is 0 Å². The highest BCUT2D eigenvalue weighted by Gasteiger charge is 2.49. The molecule has 0 amide bonds. The van der Waals surface area contributed by atoms with E-state index in [-0.39, 0.29) is 59.4 Å². The quantitative estimate of drug-likeness (QED) is 0.318. The van der Waals surface area contributed by atoms with Gasteiger partial charge in [0, 0.05) is 25.7 Å². The number of rotatable bonds is 1. The summed E-state index contributed by atoms with van der Waals surface area (Å²) in [7, 11) is 0. The second kappa shape index (κ2) is 6.89. The highest BCUT2D eigenvalue weighted by molar-refractivity contribution is 6.18. The molecule has 0 radical (unpaired) electrons. The van der Waals surface area contributed by atoms with Gasteiger partial charge in [-0.3, -0.25) is 9.59 Å². The molecule has 27 heavy (non-hydrogen) atoms. The predicted molar refractivity (Wildman–Crippen MR) is 95.3 cm³/mol. The number of esters is 2. The lowest BCUT2D eigenvalue weighted by molar-refractivity contribution is -0.153. The SMILES string of the molecule is C[C@@H]1[13CH2][13C@H]2[13C@@H]3/[13CH]=[13C]4/[13C](=O)[13CH2][13C@H]([13CH2][13C@@H](O)[13CH2][13C@@H]3[13CH]=[13CH][13C@H]2[C@@H]1O[13C]([13CH3])=O)O[13C]4=O. The maximum Gasteiger partial charge on any atom is 0.341 e. The first kappa shape index (κ1) is 18.4. The van der Waals surface area contributed by atoms with Crippen molar-refractivity contribution in [1.29, 1.82) is 0 Å². The van der Waals surface area contributed by atoms with Gasteiger partial charge in [-0.2, -0.15) is 0 Å². The van der Waals surface area contributed by atoms with Gasteiger partial charge in [0.15, 0.2) is 5.78 Å². The first-order valence-electron chi connectivity index (χ1n) is 9.83. The van der Waals surface area contributed by atoms with Crippen molar-refractivity contribution in [2.45, 2.75) is 57.8 Å².